The van der Waals surface area contributed by atoms with Crippen LogP contribution in [0.25, 0.3) is 0 Å². The lowest BCUT2D eigenvalue weighted by molar-refractivity contribution is -0.132. The Bertz CT molecular complexity index is 533. The topological polar surface area (TPSA) is 58.6 Å². The normalized spacial score (nSPS) is 19.6. The molecule has 20 heavy (non-hydrogen) atoms. The molecular weight excluding hydrogens is 324 g/mol. The molecule has 2 rings (SSSR count). The summed E-state index contributed by atoms with van der Waals surface area (Å²) < 4.78 is 6.12. The van der Waals surface area contributed by atoms with Gasteiger partial charge in [-0.25, -0.2) is 0 Å². The Morgan fingerprint density at radius 1 is 1.45 bits per heavy atom. The number of rotatable bonds is 3. The van der Waals surface area contributed by atoms with Gasteiger partial charge in [-0.1, -0.05) is 15.9 Å². The zero-order valence-electron chi connectivity index (χ0n) is 11.5. The molecule has 5 nitrogen and oxygen atoms in total. The summed E-state index contributed by atoms with van der Waals surface area (Å²) in [5.41, 5.74) is 0.957. The molecule has 1 aliphatic rings. The number of amides is 2. The highest BCUT2D eigenvalue weighted by molar-refractivity contribution is 9.10. The van der Waals surface area contributed by atoms with Gasteiger partial charge in [-0.05, 0) is 30.7 Å². The molecule has 1 N–H and O–H groups in total. The van der Waals surface area contributed by atoms with Crippen molar-refractivity contribution in [3.05, 3.63) is 28.2 Å². The van der Waals surface area contributed by atoms with Crippen LogP contribution in [0.1, 0.15) is 18.9 Å². The summed E-state index contributed by atoms with van der Waals surface area (Å²) in [6.07, 6.45) is 0.327. The minimum absolute atomic E-state index is 0.0603. The Kier molecular flexibility index (Phi) is 4.65. The Morgan fingerprint density at radius 3 is 2.90 bits per heavy atom. The van der Waals surface area contributed by atoms with E-state index in [9.17, 15) is 9.59 Å². The predicted molar refractivity (Wildman–Crippen MR) is 78.3 cm³/mol. The lowest BCUT2D eigenvalue weighted by atomic mass is 10.1. The van der Waals surface area contributed by atoms with Crippen LogP contribution in [0.2, 0.25) is 0 Å². The number of carbonyl (C=O) groups excluding carboxylic acids is 2. The molecule has 0 saturated carbocycles. The molecule has 1 atom stereocenters. The number of ether oxygens (including phenoxy) is 1. The van der Waals surface area contributed by atoms with Crippen LogP contribution in [0.5, 0.6) is 5.75 Å². The van der Waals surface area contributed by atoms with E-state index < -0.39 is 0 Å². The first kappa shape index (κ1) is 14.8. The Balaban J connectivity index is 2.22. The van der Waals surface area contributed by atoms with Crippen molar-refractivity contribution in [3.8, 4) is 5.75 Å². The van der Waals surface area contributed by atoms with E-state index in [4.69, 9.17) is 4.74 Å². The van der Waals surface area contributed by atoms with Gasteiger partial charge in [-0.3, -0.25) is 9.59 Å². The van der Waals surface area contributed by atoms with Gasteiger partial charge in [0.2, 0.25) is 11.8 Å². The van der Waals surface area contributed by atoms with Crippen molar-refractivity contribution in [3.63, 3.8) is 0 Å². The molecular formula is C14H17BrN2O3. The summed E-state index contributed by atoms with van der Waals surface area (Å²) in [6.45, 7) is 2.40. The zero-order valence-corrected chi connectivity index (χ0v) is 13.1. The third-order valence-electron chi connectivity index (χ3n) is 3.36. The van der Waals surface area contributed by atoms with Gasteiger partial charge in [0.15, 0.2) is 0 Å². The molecule has 6 heteroatoms. The Labute approximate surface area is 126 Å². The predicted octanol–water partition coefficient (Wildman–Crippen LogP) is 1.69. The SMILES string of the molecule is COc1ccc(Br)c(CN2C(=O)CNC(=O)CC2C)c1. The van der Waals surface area contributed by atoms with E-state index >= 15 is 0 Å². The number of hydrogen-bond donors (Lipinski definition) is 1. The van der Waals surface area contributed by atoms with Gasteiger partial charge in [0.05, 0.1) is 13.7 Å². The second kappa shape index (κ2) is 6.26. The summed E-state index contributed by atoms with van der Waals surface area (Å²) in [5, 5.41) is 2.61. The van der Waals surface area contributed by atoms with Gasteiger partial charge < -0.3 is 15.0 Å². The molecule has 1 saturated heterocycles. The third-order valence-corrected chi connectivity index (χ3v) is 4.14. The average Bonchev–Trinajstić information content (AvgIpc) is 2.54. The van der Waals surface area contributed by atoms with E-state index in [0.717, 1.165) is 15.8 Å². The second-order valence-corrected chi connectivity index (χ2v) is 5.66. The monoisotopic (exact) mass is 340 g/mol. The van der Waals surface area contributed by atoms with Gasteiger partial charge in [0.1, 0.15) is 5.75 Å². The van der Waals surface area contributed by atoms with Crippen LogP contribution in [0.15, 0.2) is 22.7 Å². The number of nitrogens with one attached hydrogen (secondary N) is 1. The number of methoxy groups -OCH3 is 1. The summed E-state index contributed by atoms with van der Waals surface area (Å²) in [7, 11) is 1.61. The van der Waals surface area contributed by atoms with E-state index in [1.165, 1.54) is 0 Å². The van der Waals surface area contributed by atoms with Crippen molar-refractivity contribution >= 4 is 27.7 Å². The molecule has 0 bridgehead atoms. The molecule has 0 radical (unpaired) electrons. The highest BCUT2D eigenvalue weighted by Crippen LogP contribution is 2.25. The Morgan fingerprint density at radius 2 is 2.20 bits per heavy atom. The number of halogens is 1. The van der Waals surface area contributed by atoms with E-state index in [1.807, 2.05) is 25.1 Å². The van der Waals surface area contributed by atoms with E-state index in [1.54, 1.807) is 12.0 Å². The Hall–Kier alpha value is -1.56. The van der Waals surface area contributed by atoms with Crippen molar-refractivity contribution in [2.24, 2.45) is 0 Å². The minimum Gasteiger partial charge on any atom is -0.497 e. The summed E-state index contributed by atoms with van der Waals surface area (Å²) in [5.74, 6) is 0.587. The summed E-state index contributed by atoms with van der Waals surface area (Å²) >= 11 is 3.48. The van der Waals surface area contributed by atoms with Crippen molar-refractivity contribution < 1.29 is 14.3 Å². The molecule has 1 aromatic rings. The maximum Gasteiger partial charge on any atom is 0.242 e. The molecule has 1 aliphatic heterocycles. The maximum absolute atomic E-state index is 12.1. The highest BCUT2D eigenvalue weighted by atomic mass is 79.9. The molecule has 1 heterocycles. The summed E-state index contributed by atoms with van der Waals surface area (Å²) in [4.78, 5) is 25.3. The van der Waals surface area contributed by atoms with Crippen molar-refractivity contribution in [2.45, 2.75) is 25.9 Å². The average molecular weight is 341 g/mol. The van der Waals surface area contributed by atoms with Crippen LogP contribution in [0, 0.1) is 0 Å². The molecule has 1 aromatic carbocycles. The summed E-state index contributed by atoms with van der Waals surface area (Å²) in [6, 6.07) is 5.52. The van der Waals surface area contributed by atoms with E-state index in [-0.39, 0.29) is 24.4 Å². The van der Waals surface area contributed by atoms with Gasteiger partial charge >= 0.3 is 0 Å². The molecule has 1 unspecified atom stereocenters. The smallest absolute Gasteiger partial charge is 0.242 e. The first-order valence-electron chi connectivity index (χ1n) is 6.40. The molecule has 0 aliphatic carbocycles. The van der Waals surface area contributed by atoms with Crippen LogP contribution < -0.4 is 10.1 Å². The quantitative estimate of drug-likeness (QED) is 0.910. The molecule has 108 valence electrons. The largest absolute Gasteiger partial charge is 0.497 e. The first-order chi connectivity index (χ1) is 9.51. The van der Waals surface area contributed by atoms with Gasteiger partial charge in [0.25, 0.3) is 0 Å². The van der Waals surface area contributed by atoms with Gasteiger partial charge in [-0.15, -0.1) is 0 Å². The third kappa shape index (κ3) is 3.30. The number of carbonyl (C=O) groups is 2. The molecule has 0 aromatic heterocycles. The molecule has 2 amide bonds. The van der Waals surface area contributed by atoms with Crippen LogP contribution >= 0.6 is 15.9 Å². The molecule has 1 fully saturated rings. The zero-order chi connectivity index (χ0) is 14.7. The fourth-order valence-electron chi connectivity index (χ4n) is 2.20. The van der Waals surface area contributed by atoms with Crippen LogP contribution in [0.3, 0.4) is 0 Å². The highest BCUT2D eigenvalue weighted by Gasteiger charge is 2.26. The van der Waals surface area contributed by atoms with Crippen LogP contribution in [-0.4, -0.2) is 36.4 Å². The fraction of sp³-hybridized carbons (Fsp3) is 0.429. The van der Waals surface area contributed by atoms with E-state index in [2.05, 4.69) is 21.2 Å². The lowest BCUT2D eigenvalue weighted by Gasteiger charge is -2.27. The first-order valence-corrected chi connectivity index (χ1v) is 7.19. The van der Waals surface area contributed by atoms with Crippen molar-refractivity contribution in [1.82, 2.24) is 10.2 Å². The standard InChI is InChI=1S/C14H17BrN2O3/c1-9-5-13(18)16-7-14(19)17(9)8-10-6-11(20-2)3-4-12(10)15/h3-4,6,9H,5,7-8H2,1-2H3,(H,16,18). The number of hydrogen-bond acceptors (Lipinski definition) is 3. The fourth-order valence-corrected chi connectivity index (χ4v) is 2.57. The van der Waals surface area contributed by atoms with E-state index in [0.29, 0.717) is 13.0 Å². The number of nitrogens with zero attached hydrogens (tertiary/aromatic N) is 1. The van der Waals surface area contributed by atoms with Crippen molar-refractivity contribution in [1.29, 1.82) is 0 Å². The van der Waals surface area contributed by atoms with Crippen LogP contribution in [-0.2, 0) is 16.1 Å². The number of benzene rings is 1. The van der Waals surface area contributed by atoms with Crippen molar-refractivity contribution in [2.75, 3.05) is 13.7 Å². The maximum atomic E-state index is 12.1. The second-order valence-electron chi connectivity index (χ2n) is 4.81. The van der Waals surface area contributed by atoms with Gasteiger partial charge in [0, 0.05) is 23.5 Å². The minimum atomic E-state index is -0.122. The molecule has 0 spiro atoms. The van der Waals surface area contributed by atoms with Crippen LogP contribution in [0.4, 0.5) is 0 Å². The lowest BCUT2D eigenvalue weighted by Crippen LogP contribution is -2.39. The van der Waals surface area contributed by atoms with Gasteiger partial charge in [-0.2, -0.15) is 0 Å².